The van der Waals surface area contributed by atoms with Crippen molar-refractivity contribution in [3.05, 3.63) is 27.8 Å². The highest BCUT2D eigenvalue weighted by molar-refractivity contribution is 6.32. The second kappa shape index (κ2) is 3.38. The minimum atomic E-state index is -0.166. The summed E-state index contributed by atoms with van der Waals surface area (Å²) in [5.41, 5.74) is 2.02. The van der Waals surface area contributed by atoms with Crippen molar-refractivity contribution in [2.24, 2.45) is 0 Å². The summed E-state index contributed by atoms with van der Waals surface area (Å²) < 4.78 is 0. The number of phenols is 1. The second-order valence-electron chi connectivity index (χ2n) is 3.08. The molecule has 0 amide bonds. The van der Waals surface area contributed by atoms with Gasteiger partial charge in [0.2, 0.25) is 0 Å². The Bertz CT molecular complexity index is 343. The quantitative estimate of drug-likeness (QED) is 0.705. The molecule has 0 fully saturated rings. The normalized spacial score (nSPS) is 10.2. The van der Waals surface area contributed by atoms with E-state index in [2.05, 4.69) is 0 Å². The molecule has 70 valence electrons. The van der Waals surface area contributed by atoms with Gasteiger partial charge in [0.15, 0.2) is 5.78 Å². The average Bonchev–Trinajstić information content (AvgIpc) is 2.01. The lowest BCUT2D eigenvalue weighted by Gasteiger charge is -2.09. The number of carbonyl (C=O) groups excluding carboxylic acids is 1. The number of aromatic hydroxyl groups is 1. The van der Waals surface area contributed by atoms with E-state index in [-0.39, 0.29) is 16.6 Å². The number of aryl methyl sites for hydroxylation is 1. The van der Waals surface area contributed by atoms with Gasteiger partial charge in [-0.25, -0.2) is 0 Å². The molecule has 1 rings (SSSR count). The Morgan fingerprint density at radius 1 is 1.46 bits per heavy atom. The fourth-order valence-electron chi connectivity index (χ4n) is 1.29. The lowest BCUT2D eigenvalue weighted by Crippen LogP contribution is -1.99. The van der Waals surface area contributed by atoms with Crippen LogP contribution in [0.15, 0.2) is 6.07 Å². The molecular formula is C10H11ClO2. The SMILES string of the molecule is CC(=O)c1c(C)c(C)cc(Cl)c1O. The molecule has 0 bridgehead atoms. The summed E-state index contributed by atoms with van der Waals surface area (Å²) in [7, 11) is 0. The van der Waals surface area contributed by atoms with Crippen LogP contribution in [0.25, 0.3) is 0 Å². The Balaban J connectivity index is 3.56. The zero-order chi connectivity index (χ0) is 10.2. The van der Waals surface area contributed by atoms with Crippen molar-refractivity contribution in [1.82, 2.24) is 0 Å². The fourth-order valence-corrected chi connectivity index (χ4v) is 1.55. The molecule has 0 unspecified atom stereocenters. The van der Waals surface area contributed by atoms with Crippen LogP contribution >= 0.6 is 11.6 Å². The Labute approximate surface area is 82.2 Å². The molecule has 3 heteroatoms. The standard InChI is InChI=1S/C10H11ClO2/c1-5-4-8(11)10(13)9(6(5)2)7(3)12/h4,13H,1-3H3. The first kappa shape index (κ1) is 10.1. The van der Waals surface area contributed by atoms with E-state index in [1.165, 1.54) is 6.92 Å². The van der Waals surface area contributed by atoms with Gasteiger partial charge in [-0.05, 0) is 38.0 Å². The number of halogens is 1. The number of ketones is 1. The second-order valence-corrected chi connectivity index (χ2v) is 3.49. The summed E-state index contributed by atoms with van der Waals surface area (Å²) in [5.74, 6) is -0.280. The van der Waals surface area contributed by atoms with Crippen molar-refractivity contribution in [3.63, 3.8) is 0 Å². The molecule has 0 aliphatic heterocycles. The smallest absolute Gasteiger partial charge is 0.163 e. The number of benzene rings is 1. The molecule has 0 aromatic heterocycles. The van der Waals surface area contributed by atoms with Crippen LogP contribution in [-0.2, 0) is 0 Å². The Morgan fingerprint density at radius 3 is 2.46 bits per heavy atom. The van der Waals surface area contributed by atoms with Crippen molar-refractivity contribution in [3.8, 4) is 5.75 Å². The Kier molecular flexibility index (Phi) is 2.62. The third kappa shape index (κ3) is 1.68. The van der Waals surface area contributed by atoms with Crippen LogP contribution in [0.4, 0.5) is 0 Å². The molecule has 0 spiro atoms. The average molecular weight is 199 g/mol. The summed E-state index contributed by atoms with van der Waals surface area (Å²) in [4.78, 5) is 11.2. The van der Waals surface area contributed by atoms with Crippen molar-refractivity contribution >= 4 is 17.4 Å². The molecule has 0 heterocycles. The van der Waals surface area contributed by atoms with Crippen molar-refractivity contribution in [2.45, 2.75) is 20.8 Å². The minimum Gasteiger partial charge on any atom is -0.506 e. The zero-order valence-electron chi connectivity index (χ0n) is 7.81. The third-order valence-electron chi connectivity index (χ3n) is 2.12. The summed E-state index contributed by atoms with van der Waals surface area (Å²) in [6, 6.07) is 1.65. The number of Topliss-reactive ketones (excluding diaryl/α,β-unsaturated/α-hetero) is 1. The number of phenolic OH excluding ortho intramolecular Hbond substituents is 1. The van der Waals surface area contributed by atoms with Crippen LogP contribution in [0.3, 0.4) is 0 Å². The van der Waals surface area contributed by atoms with Gasteiger partial charge in [-0.15, -0.1) is 0 Å². The van der Waals surface area contributed by atoms with Gasteiger partial charge in [0.05, 0.1) is 10.6 Å². The van der Waals surface area contributed by atoms with Crippen LogP contribution in [0.5, 0.6) is 5.75 Å². The molecular weight excluding hydrogens is 188 g/mol. The van der Waals surface area contributed by atoms with E-state index in [1.807, 2.05) is 6.92 Å². The number of hydrogen-bond acceptors (Lipinski definition) is 2. The Morgan fingerprint density at radius 2 is 2.00 bits per heavy atom. The maximum atomic E-state index is 11.2. The molecule has 0 aliphatic rings. The van der Waals surface area contributed by atoms with Crippen LogP contribution in [0.2, 0.25) is 5.02 Å². The molecule has 1 N–H and O–H groups in total. The summed E-state index contributed by atoms with van der Waals surface area (Å²) in [5, 5.41) is 9.75. The van der Waals surface area contributed by atoms with Crippen LogP contribution in [-0.4, -0.2) is 10.9 Å². The number of carbonyl (C=O) groups is 1. The largest absolute Gasteiger partial charge is 0.506 e. The maximum absolute atomic E-state index is 11.2. The first-order valence-electron chi connectivity index (χ1n) is 3.94. The van der Waals surface area contributed by atoms with E-state index in [9.17, 15) is 9.90 Å². The van der Waals surface area contributed by atoms with E-state index in [1.54, 1.807) is 13.0 Å². The van der Waals surface area contributed by atoms with Crippen molar-refractivity contribution in [1.29, 1.82) is 0 Å². The van der Waals surface area contributed by atoms with E-state index in [4.69, 9.17) is 11.6 Å². The van der Waals surface area contributed by atoms with Gasteiger partial charge in [-0.2, -0.15) is 0 Å². The third-order valence-corrected chi connectivity index (χ3v) is 2.41. The lowest BCUT2D eigenvalue weighted by molar-refractivity contribution is 0.101. The predicted molar refractivity (Wildman–Crippen MR) is 52.6 cm³/mol. The highest BCUT2D eigenvalue weighted by Crippen LogP contribution is 2.32. The van der Waals surface area contributed by atoms with Crippen molar-refractivity contribution in [2.75, 3.05) is 0 Å². The van der Waals surface area contributed by atoms with E-state index >= 15 is 0 Å². The first-order chi connectivity index (χ1) is 5.95. The molecule has 0 aliphatic carbocycles. The van der Waals surface area contributed by atoms with Crippen LogP contribution in [0.1, 0.15) is 28.4 Å². The number of hydrogen-bond donors (Lipinski definition) is 1. The van der Waals surface area contributed by atoms with Gasteiger partial charge >= 0.3 is 0 Å². The maximum Gasteiger partial charge on any atom is 0.163 e. The van der Waals surface area contributed by atoms with E-state index in [0.717, 1.165) is 11.1 Å². The molecule has 0 radical (unpaired) electrons. The zero-order valence-corrected chi connectivity index (χ0v) is 8.57. The summed E-state index contributed by atoms with van der Waals surface area (Å²) in [6.07, 6.45) is 0. The molecule has 2 nitrogen and oxygen atoms in total. The minimum absolute atomic E-state index is 0.114. The van der Waals surface area contributed by atoms with Gasteiger partial charge in [-0.3, -0.25) is 4.79 Å². The molecule has 1 aromatic rings. The lowest BCUT2D eigenvalue weighted by atomic mass is 10.00. The molecule has 0 atom stereocenters. The fraction of sp³-hybridized carbons (Fsp3) is 0.300. The van der Waals surface area contributed by atoms with E-state index < -0.39 is 0 Å². The van der Waals surface area contributed by atoms with Gasteiger partial charge in [0.25, 0.3) is 0 Å². The van der Waals surface area contributed by atoms with Gasteiger partial charge in [0, 0.05) is 0 Å². The first-order valence-corrected chi connectivity index (χ1v) is 4.32. The van der Waals surface area contributed by atoms with Crippen LogP contribution < -0.4 is 0 Å². The topological polar surface area (TPSA) is 37.3 Å². The highest BCUT2D eigenvalue weighted by Gasteiger charge is 2.14. The Hall–Kier alpha value is -1.02. The van der Waals surface area contributed by atoms with Crippen LogP contribution in [0, 0.1) is 13.8 Å². The summed E-state index contributed by atoms with van der Waals surface area (Å²) in [6.45, 7) is 5.06. The van der Waals surface area contributed by atoms with Crippen molar-refractivity contribution < 1.29 is 9.90 Å². The molecule has 0 saturated heterocycles. The number of rotatable bonds is 1. The monoisotopic (exact) mass is 198 g/mol. The van der Waals surface area contributed by atoms with E-state index in [0.29, 0.717) is 5.56 Å². The predicted octanol–water partition coefficient (Wildman–Crippen LogP) is 2.87. The summed E-state index contributed by atoms with van der Waals surface area (Å²) >= 11 is 5.73. The van der Waals surface area contributed by atoms with Gasteiger partial charge in [-0.1, -0.05) is 11.6 Å². The molecule has 1 aromatic carbocycles. The van der Waals surface area contributed by atoms with Gasteiger partial charge < -0.3 is 5.11 Å². The molecule has 13 heavy (non-hydrogen) atoms. The molecule has 0 saturated carbocycles. The van der Waals surface area contributed by atoms with Gasteiger partial charge in [0.1, 0.15) is 5.75 Å². The highest BCUT2D eigenvalue weighted by atomic mass is 35.5.